The molecule has 86 valence electrons. The Morgan fingerprint density at radius 2 is 1.94 bits per heavy atom. The largest absolute Gasteiger partial charge is 0.475 e. The molecule has 0 aromatic heterocycles. The number of aryl methyl sites for hydroxylation is 1. The van der Waals surface area contributed by atoms with Gasteiger partial charge in [0.2, 0.25) is 5.90 Å². The van der Waals surface area contributed by atoms with Gasteiger partial charge >= 0.3 is 0 Å². The zero-order valence-corrected chi connectivity index (χ0v) is 10.3. The third-order valence-corrected chi connectivity index (χ3v) is 2.71. The van der Waals surface area contributed by atoms with E-state index in [0.717, 1.165) is 17.9 Å². The van der Waals surface area contributed by atoms with Gasteiger partial charge in [-0.1, -0.05) is 25.5 Å². The van der Waals surface area contributed by atoms with E-state index in [2.05, 4.69) is 50.0 Å². The van der Waals surface area contributed by atoms with E-state index in [0.29, 0.717) is 6.61 Å². The summed E-state index contributed by atoms with van der Waals surface area (Å²) in [6, 6.07) is 8.53. The molecule has 1 heterocycles. The number of benzene rings is 1. The Morgan fingerprint density at radius 3 is 2.44 bits per heavy atom. The first-order valence-electron chi connectivity index (χ1n) is 5.93. The summed E-state index contributed by atoms with van der Waals surface area (Å²) in [6.07, 6.45) is 2.32. The highest BCUT2D eigenvalue weighted by Crippen LogP contribution is 2.20. The average molecular weight is 217 g/mol. The SMILES string of the molecule is CCCc1ccc(C2=NC(C)(C)CO2)cc1. The van der Waals surface area contributed by atoms with Crippen LogP contribution in [0.3, 0.4) is 0 Å². The fourth-order valence-corrected chi connectivity index (χ4v) is 1.83. The third kappa shape index (κ3) is 2.43. The van der Waals surface area contributed by atoms with E-state index in [-0.39, 0.29) is 5.54 Å². The predicted molar refractivity (Wildman–Crippen MR) is 67.0 cm³/mol. The standard InChI is InChI=1S/C14H19NO/c1-4-5-11-6-8-12(9-7-11)13-15-14(2,3)10-16-13/h6-9H,4-5,10H2,1-3H3. The van der Waals surface area contributed by atoms with Gasteiger partial charge in [0.1, 0.15) is 6.61 Å². The van der Waals surface area contributed by atoms with Crippen LogP contribution >= 0.6 is 0 Å². The Hall–Kier alpha value is -1.31. The monoisotopic (exact) mass is 217 g/mol. The highest BCUT2D eigenvalue weighted by Gasteiger charge is 2.26. The number of hydrogen-bond donors (Lipinski definition) is 0. The van der Waals surface area contributed by atoms with Crippen LogP contribution in [0.1, 0.15) is 38.3 Å². The van der Waals surface area contributed by atoms with E-state index in [1.165, 1.54) is 12.0 Å². The molecule has 2 rings (SSSR count). The second-order valence-corrected chi connectivity index (χ2v) is 4.96. The maximum Gasteiger partial charge on any atom is 0.216 e. The molecule has 1 aliphatic heterocycles. The van der Waals surface area contributed by atoms with Crippen molar-refractivity contribution in [2.75, 3.05) is 6.61 Å². The van der Waals surface area contributed by atoms with Crippen molar-refractivity contribution < 1.29 is 4.74 Å². The molecule has 0 atom stereocenters. The van der Waals surface area contributed by atoms with Crippen LogP contribution < -0.4 is 0 Å². The van der Waals surface area contributed by atoms with Gasteiger partial charge in [-0.3, -0.25) is 0 Å². The Balaban J connectivity index is 2.17. The molecule has 0 spiro atoms. The number of hydrogen-bond acceptors (Lipinski definition) is 2. The zero-order chi connectivity index (χ0) is 11.6. The Kier molecular flexibility index (Phi) is 2.99. The molecular weight excluding hydrogens is 198 g/mol. The summed E-state index contributed by atoms with van der Waals surface area (Å²) in [5, 5.41) is 0. The zero-order valence-electron chi connectivity index (χ0n) is 10.3. The first kappa shape index (κ1) is 11.2. The van der Waals surface area contributed by atoms with Crippen LogP contribution in [0.4, 0.5) is 0 Å². The van der Waals surface area contributed by atoms with Crippen LogP contribution in [0.5, 0.6) is 0 Å². The maximum absolute atomic E-state index is 5.60. The third-order valence-electron chi connectivity index (χ3n) is 2.71. The van der Waals surface area contributed by atoms with Crippen molar-refractivity contribution in [3.05, 3.63) is 35.4 Å². The van der Waals surface area contributed by atoms with E-state index < -0.39 is 0 Å². The van der Waals surface area contributed by atoms with Gasteiger partial charge in [0.25, 0.3) is 0 Å². The van der Waals surface area contributed by atoms with Gasteiger partial charge in [-0.15, -0.1) is 0 Å². The molecule has 0 aliphatic carbocycles. The summed E-state index contributed by atoms with van der Waals surface area (Å²) in [5.41, 5.74) is 2.40. The Bertz CT molecular complexity index is 390. The minimum absolute atomic E-state index is 0.0720. The fraction of sp³-hybridized carbons (Fsp3) is 0.500. The first-order chi connectivity index (χ1) is 7.61. The Labute approximate surface area is 97.4 Å². The molecule has 0 amide bonds. The van der Waals surface area contributed by atoms with Gasteiger partial charge in [-0.25, -0.2) is 4.99 Å². The molecule has 16 heavy (non-hydrogen) atoms. The lowest BCUT2D eigenvalue weighted by atomic mass is 10.1. The van der Waals surface area contributed by atoms with E-state index in [1.54, 1.807) is 0 Å². The number of nitrogens with zero attached hydrogens (tertiary/aromatic N) is 1. The molecule has 0 saturated carbocycles. The van der Waals surface area contributed by atoms with Crippen molar-refractivity contribution in [3.8, 4) is 0 Å². The van der Waals surface area contributed by atoms with Crippen molar-refractivity contribution in [1.29, 1.82) is 0 Å². The second kappa shape index (κ2) is 4.28. The summed E-state index contributed by atoms with van der Waals surface area (Å²) in [4.78, 5) is 4.56. The van der Waals surface area contributed by atoms with Crippen molar-refractivity contribution in [2.45, 2.75) is 39.2 Å². The lowest BCUT2D eigenvalue weighted by molar-refractivity contribution is 0.279. The van der Waals surface area contributed by atoms with E-state index >= 15 is 0 Å². The predicted octanol–water partition coefficient (Wildman–Crippen LogP) is 3.19. The molecule has 1 aromatic rings. The van der Waals surface area contributed by atoms with Crippen LogP contribution in [-0.4, -0.2) is 18.0 Å². The molecule has 2 heteroatoms. The summed E-state index contributed by atoms with van der Waals surface area (Å²) >= 11 is 0. The molecule has 1 aromatic carbocycles. The van der Waals surface area contributed by atoms with E-state index in [9.17, 15) is 0 Å². The lowest BCUT2D eigenvalue weighted by Crippen LogP contribution is -2.17. The van der Waals surface area contributed by atoms with Crippen molar-refractivity contribution in [2.24, 2.45) is 4.99 Å². The number of rotatable bonds is 3. The summed E-state index contributed by atoms with van der Waals surface area (Å²) < 4.78 is 5.60. The molecule has 0 unspecified atom stereocenters. The molecule has 0 N–H and O–H groups in total. The van der Waals surface area contributed by atoms with E-state index in [4.69, 9.17) is 4.74 Å². The molecule has 1 aliphatic rings. The minimum atomic E-state index is -0.0720. The molecule has 0 saturated heterocycles. The van der Waals surface area contributed by atoms with Gasteiger partial charge < -0.3 is 4.74 Å². The first-order valence-corrected chi connectivity index (χ1v) is 5.93. The fourth-order valence-electron chi connectivity index (χ4n) is 1.83. The van der Waals surface area contributed by atoms with E-state index in [1.807, 2.05) is 0 Å². The average Bonchev–Trinajstić information content (AvgIpc) is 2.61. The van der Waals surface area contributed by atoms with Crippen molar-refractivity contribution >= 4 is 5.90 Å². The lowest BCUT2D eigenvalue weighted by Gasteiger charge is -2.07. The molecule has 2 nitrogen and oxygen atoms in total. The van der Waals surface area contributed by atoms with Crippen molar-refractivity contribution in [1.82, 2.24) is 0 Å². The topological polar surface area (TPSA) is 21.6 Å². The van der Waals surface area contributed by atoms with Crippen LogP contribution in [0.25, 0.3) is 0 Å². The van der Waals surface area contributed by atoms with Gasteiger partial charge in [0, 0.05) is 5.56 Å². The minimum Gasteiger partial charge on any atom is -0.475 e. The molecule has 0 fully saturated rings. The molecular formula is C14H19NO. The van der Waals surface area contributed by atoms with Crippen LogP contribution in [-0.2, 0) is 11.2 Å². The van der Waals surface area contributed by atoms with Crippen LogP contribution in [0, 0.1) is 0 Å². The van der Waals surface area contributed by atoms with Crippen LogP contribution in [0.2, 0.25) is 0 Å². The van der Waals surface area contributed by atoms with Gasteiger partial charge in [-0.05, 0) is 38.0 Å². The normalized spacial score (nSPS) is 18.1. The highest BCUT2D eigenvalue weighted by molar-refractivity contribution is 5.95. The second-order valence-electron chi connectivity index (χ2n) is 4.96. The molecule has 0 bridgehead atoms. The van der Waals surface area contributed by atoms with Gasteiger partial charge in [0.05, 0.1) is 5.54 Å². The number of ether oxygens (including phenoxy) is 1. The number of aliphatic imine (C=N–C) groups is 1. The van der Waals surface area contributed by atoms with Gasteiger partial charge in [-0.2, -0.15) is 0 Å². The summed E-state index contributed by atoms with van der Waals surface area (Å²) in [7, 11) is 0. The van der Waals surface area contributed by atoms with Gasteiger partial charge in [0.15, 0.2) is 0 Å². The molecule has 0 radical (unpaired) electrons. The van der Waals surface area contributed by atoms with Crippen molar-refractivity contribution in [3.63, 3.8) is 0 Å². The summed E-state index contributed by atoms with van der Waals surface area (Å²) in [6.45, 7) is 7.05. The smallest absolute Gasteiger partial charge is 0.216 e. The highest BCUT2D eigenvalue weighted by atomic mass is 16.5. The maximum atomic E-state index is 5.60. The summed E-state index contributed by atoms with van der Waals surface area (Å²) in [5.74, 6) is 0.785. The van der Waals surface area contributed by atoms with Crippen LogP contribution in [0.15, 0.2) is 29.3 Å². The quantitative estimate of drug-likeness (QED) is 0.762. The Morgan fingerprint density at radius 1 is 1.25 bits per heavy atom.